The number of sulfonamides is 1. The molecule has 1 heterocycles. The van der Waals surface area contributed by atoms with E-state index in [0.717, 1.165) is 0 Å². The highest BCUT2D eigenvalue weighted by Crippen LogP contribution is 2.28. The Labute approximate surface area is 125 Å². The molecular formula is C12H14BrNO5S. The Balaban J connectivity index is 2.33. The quantitative estimate of drug-likeness (QED) is 0.877. The van der Waals surface area contributed by atoms with Gasteiger partial charge in [0.2, 0.25) is 10.0 Å². The van der Waals surface area contributed by atoms with E-state index in [2.05, 4.69) is 15.9 Å². The highest BCUT2D eigenvalue weighted by Gasteiger charge is 2.33. The highest BCUT2D eigenvalue weighted by atomic mass is 79.9. The summed E-state index contributed by atoms with van der Waals surface area (Å²) < 4.78 is 31.7. The number of carbonyl (C=O) groups is 1. The van der Waals surface area contributed by atoms with Crippen LogP contribution in [0.3, 0.4) is 0 Å². The summed E-state index contributed by atoms with van der Waals surface area (Å²) >= 11 is 3.13. The molecule has 1 aliphatic heterocycles. The third kappa shape index (κ3) is 2.88. The highest BCUT2D eigenvalue weighted by molar-refractivity contribution is 9.10. The van der Waals surface area contributed by atoms with Gasteiger partial charge in [0.1, 0.15) is 0 Å². The molecule has 0 bridgehead atoms. The summed E-state index contributed by atoms with van der Waals surface area (Å²) in [6, 6.07) is 3.88. The van der Waals surface area contributed by atoms with Crippen LogP contribution < -0.4 is 0 Å². The number of hydrogen-bond acceptors (Lipinski definition) is 4. The van der Waals surface area contributed by atoms with Gasteiger partial charge >= 0.3 is 5.97 Å². The van der Waals surface area contributed by atoms with Gasteiger partial charge in [-0.15, -0.1) is 0 Å². The number of methoxy groups -OCH3 is 1. The lowest BCUT2D eigenvalue weighted by molar-refractivity contribution is 0.0696. The molecule has 1 atom stereocenters. The van der Waals surface area contributed by atoms with Crippen molar-refractivity contribution in [2.24, 2.45) is 0 Å². The van der Waals surface area contributed by atoms with E-state index in [-0.39, 0.29) is 21.0 Å². The molecule has 1 aromatic carbocycles. The second kappa shape index (κ2) is 5.80. The lowest BCUT2D eigenvalue weighted by Gasteiger charge is -2.17. The van der Waals surface area contributed by atoms with Gasteiger partial charge in [0.25, 0.3) is 0 Å². The van der Waals surface area contributed by atoms with Gasteiger partial charge in [0, 0.05) is 24.7 Å². The van der Waals surface area contributed by atoms with Gasteiger partial charge in [-0.2, -0.15) is 4.31 Å². The standard InChI is InChI=1S/C12H14BrNO5S/c1-19-9-4-5-14(7-9)20(17,18)11-3-2-8(12(15)16)6-10(11)13/h2-3,6,9H,4-5,7H2,1H3,(H,15,16). The summed E-state index contributed by atoms with van der Waals surface area (Å²) in [6.07, 6.45) is 0.558. The van der Waals surface area contributed by atoms with Crippen molar-refractivity contribution in [3.8, 4) is 0 Å². The molecule has 1 saturated heterocycles. The maximum absolute atomic E-state index is 12.5. The maximum atomic E-state index is 12.5. The topological polar surface area (TPSA) is 83.9 Å². The van der Waals surface area contributed by atoms with Gasteiger partial charge in [0.15, 0.2) is 0 Å². The zero-order chi connectivity index (χ0) is 14.9. The molecule has 2 rings (SSSR count). The Kier molecular flexibility index (Phi) is 4.48. The van der Waals surface area contributed by atoms with E-state index in [1.807, 2.05) is 0 Å². The molecule has 0 aromatic heterocycles. The number of halogens is 1. The molecule has 8 heteroatoms. The van der Waals surface area contributed by atoms with Crippen LogP contribution in [-0.2, 0) is 14.8 Å². The number of carboxylic acids is 1. The fourth-order valence-electron chi connectivity index (χ4n) is 2.09. The van der Waals surface area contributed by atoms with Crippen LogP contribution in [0.4, 0.5) is 0 Å². The zero-order valence-electron chi connectivity index (χ0n) is 10.7. The summed E-state index contributed by atoms with van der Waals surface area (Å²) in [7, 11) is -2.09. The van der Waals surface area contributed by atoms with Crippen molar-refractivity contribution in [2.45, 2.75) is 17.4 Å². The van der Waals surface area contributed by atoms with Gasteiger partial charge in [-0.05, 0) is 40.5 Å². The Bertz CT molecular complexity index is 631. The number of aromatic carboxylic acids is 1. The van der Waals surface area contributed by atoms with Crippen LogP contribution in [0.2, 0.25) is 0 Å². The Morgan fingerprint density at radius 3 is 2.70 bits per heavy atom. The average Bonchev–Trinajstić information content (AvgIpc) is 2.87. The van der Waals surface area contributed by atoms with Crippen LogP contribution >= 0.6 is 15.9 Å². The number of nitrogens with zero attached hydrogens (tertiary/aromatic N) is 1. The monoisotopic (exact) mass is 363 g/mol. The summed E-state index contributed by atoms with van der Waals surface area (Å²) in [5.74, 6) is -1.10. The third-order valence-electron chi connectivity index (χ3n) is 3.24. The minimum absolute atomic E-state index is 0.0343. The first kappa shape index (κ1) is 15.4. The molecule has 1 N–H and O–H groups in total. The minimum Gasteiger partial charge on any atom is -0.478 e. The van der Waals surface area contributed by atoms with Gasteiger partial charge in [-0.25, -0.2) is 13.2 Å². The summed E-state index contributed by atoms with van der Waals surface area (Å²) in [5, 5.41) is 8.88. The number of rotatable bonds is 4. The summed E-state index contributed by atoms with van der Waals surface area (Å²) in [4.78, 5) is 10.9. The maximum Gasteiger partial charge on any atom is 0.335 e. The van der Waals surface area contributed by atoms with E-state index in [1.54, 1.807) is 7.11 Å². The second-order valence-corrected chi connectivity index (χ2v) is 7.22. The van der Waals surface area contributed by atoms with Gasteiger partial charge in [-0.1, -0.05) is 0 Å². The number of benzene rings is 1. The lowest BCUT2D eigenvalue weighted by Crippen LogP contribution is -2.30. The minimum atomic E-state index is -3.64. The summed E-state index contributed by atoms with van der Waals surface area (Å²) in [6.45, 7) is 0.708. The van der Waals surface area contributed by atoms with E-state index in [0.29, 0.717) is 19.5 Å². The molecule has 1 aliphatic rings. The first-order valence-corrected chi connectivity index (χ1v) is 8.15. The van der Waals surface area contributed by atoms with Crippen molar-refractivity contribution in [1.82, 2.24) is 4.31 Å². The molecule has 20 heavy (non-hydrogen) atoms. The smallest absolute Gasteiger partial charge is 0.335 e. The van der Waals surface area contributed by atoms with Crippen molar-refractivity contribution >= 4 is 31.9 Å². The third-order valence-corrected chi connectivity index (χ3v) is 6.08. The Hall–Kier alpha value is -0.960. The summed E-state index contributed by atoms with van der Waals surface area (Å²) in [5.41, 5.74) is 0.0343. The lowest BCUT2D eigenvalue weighted by atomic mass is 10.2. The molecule has 0 amide bonds. The van der Waals surface area contributed by atoms with E-state index < -0.39 is 16.0 Å². The molecule has 0 radical (unpaired) electrons. The molecule has 0 spiro atoms. The number of ether oxygens (including phenoxy) is 1. The molecule has 6 nitrogen and oxygen atoms in total. The fraction of sp³-hybridized carbons (Fsp3) is 0.417. The van der Waals surface area contributed by atoms with Crippen LogP contribution in [0.1, 0.15) is 16.8 Å². The van der Waals surface area contributed by atoms with E-state index >= 15 is 0 Å². The van der Waals surface area contributed by atoms with Crippen LogP contribution in [0.5, 0.6) is 0 Å². The van der Waals surface area contributed by atoms with E-state index in [1.165, 1.54) is 22.5 Å². The van der Waals surface area contributed by atoms with Crippen molar-refractivity contribution < 1.29 is 23.1 Å². The van der Waals surface area contributed by atoms with Gasteiger partial charge in [0.05, 0.1) is 16.6 Å². The van der Waals surface area contributed by atoms with Crippen LogP contribution in [0.15, 0.2) is 27.6 Å². The molecular weight excluding hydrogens is 350 g/mol. The number of hydrogen-bond donors (Lipinski definition) is 1. The predicted molar refractivity (Wildman–Crippen MR) is 75.3 cm³/mol. The van der Waals surface area contributed by atoms with Crippen LogP contribution in [0.25, 0.3) is 0 Å². The van der Waals surface area contributed by atoms with E-state index in [4.69, 9.17) is 9.84 Å². The molecule has 1 fully saturated rings. The first-order chi connectivity index (χ1) is 9.36. The molecule has 0 saturated carbocycles. The first-order valence-electron chi connectivity index (χ1n) is 5.92. The van der Waals surface area contributed by atoms with Crippen molar-refractivity contribution in [2.75, 3.05) is 20.2 Å². The largest absolute Gasteiger partial charge is 0.478 e. The van der Waals surface area contributed by atoms with Gasteiger partial charge in [-0.3, -0.25) is 0 Å². The SMILES string of the molecule is COC1CCN(S(=O)(=O)c2ccc(C(=O)O)cc2Br)C1. The second-order valence-electron chi connectivity index (χ2n) is 4.46. The Morgan fingerprint density at radius 1 is 1.50 bits per heavy atom. The molecule has 0 aliphatic carbocycles. The Morgan fingerprint density at radius 2 is 2.20 bits per heavy atom. The van der Waals surface area contributed by atoms with Crippen molar-refractivity contribution in [3.63, 3.8) is 0 Å². The van der Waals surface area contributed by atoms with E-state index in [9.17, 15) is 13.2 Å². The fourth-order valence-corrected chi connectivity index (χ4v) is 4.61. The average molecular weight is 364 g/mol. The normalized spacial score (nSPS) is 20.2. The van der Waals surface area contributed by atoms with Crippen molar-refractivity contribution in [1.29, 1.82) is 0 Å². The van der Waals surface area contributed by atoms with Crippen molar-refractivity contribution in [3.05, 3.63) is 28.2 Å². The predicted octanol–water partition coefficient (Wildman–Crippen LogP) is 1.56. The molecule has 110 valence electrons. The van der Waals surface area contributed by atoms with Crippen LogP contribution in [-0.4, -0.2) is 50.1 Å². The number of carboxylic acid groups (broad SMARTS) is 1. The molecule has 1 unspecified atom stereocenters. The van der Waals surface area contributed by atoms with Crippen LogP contribution in [0, 0.1) is 0 Å². The zero-order valence-corrected chi connectivity index (χ0v) is 13.1. The van der Waals surface area contributed by atoms with Gasteiger partial charge < -0.3 is 9.84 Å². The molecule has 1 aromatic rings.